The van der Waals surface area contributed by atoms with Crippen LogP contribution < -0.4 is 5.32 Å². The zero-order valence-corrected chi connectivity index (χ0v) is 13.2. The quantitative estimate of drug-likeness (QED) is 0.905. The molecule has 0 aliphatic carbocycles. The van der Waals surface area contributed by atoms with E-state index in [1.54, 1.807) is 7.11 Å². The van der Waals surface area contributed by atoms with Gasteiger partial charge in [-0.2, -0.15) is 0 Å². The third-order valence-electron chi connectivity index (χ3n) is 3.76. The Balaban J connectivity index is 1.88. The molecule has 0 amide bonds. The molecule has 3 rings (SSSR count). The fourth-order valence-corrected chi connectivity index (χ4v) is 3.06. The lowest BCUT2D eigenvalue weighted by Gasteiger charge is -2.06. The number of hydrogen-bond donors (Lipinski definition) is 2. The van der Waals surface area contributed by atoms with Gasteiger partial charge in [0.1, 0.15) is 5.82 Å². The van der Waals surface area contributed by atoms with Crippen LogP contribution in [0.4, 0.5) is 0 Å². The third-order valence-corrected chi connectivity index (χ3v) is 4.25. The number of hydrogen-bond acceptors (Lipinski definition) is 3. The number of nitrogens with one attached hydrogen (secondary N) is 2. The summed E-state index contributed by atoms with van der Waals surface area (Å²) >= 11 is 3.51. The molecule has 1 fully saturated rings. The number of aryl methyl sites for hydroxylation is 1. The van der Waals surface area contributed by atoms with Crippen LogP contribution in [0.1, 0.15) is 24.0 Å². The molecular formula is C15H18BrN3O. The summed E-state index contributed by atoms with van der Waals surface area (Å²) in [5.74, 6) is 0.997. The first-order valence-corrected chi connectivity index (χ1v) is 7.55. The summed E-state index contributed by atoms with van der Waals surface area (Å²) in [5, 5.41) is 3.45. The molecule has 20 heavy (non-hydrogen) atoms. The number of H-pyrrole nitrogens is 1. The van der Waals surface area contributed by atoms with Gasteiger partial charge in [-0.05, 0) is 25.5 Å². The van der Waals surface area contributed by atoms with E-state index in [9.17, 15) is 0 Å². The van der Waals surface area contributed by atoms with Gasteiger partial charge in [0.2, 0.25) is 0 Å². The van der Waals surface area contributed by atoms with Crippen LogP contribution in [0.15, 0.2) is 28.7 Å². The molecule has 0 radical (unpaired) electrons. The smallest absolute Gasteiger partial charge is 0.124 e. The van der Waals surface area contributed by atoms with E-state index in [0.717, 1.165) is 40.2 Å². The maximum atomic E-state index is 5.39. The molecule has 2 unspecified atom stereocenters. The summed E-state index contributed by atoms with van der Waals surface area (Å²) in [5.41, 5.74) is 3.24. The Bertz CT molecular complexity index is 611. The highest BCUT2D eigenvalue weighted by atomic mass is 79.9. The van der Waals surface area contributed by atoms with Crippen LogP contribution in [0.5, 0.6) is 0 Å². The predicted molar refractivity (Wildman–Crippen MR) is 82.6 cm³/mol. The zero-order valence-electron chi connectivity index (χ0n) is 11.6. The standard InChI is InChI=1S/C15H18BrN3O/c1-9-14(10-4-3-5-11(16)6-10)19-15(18-9)13-7-12(20-2)8-17-13/h3-6,12-13,17H,7-8H2,1-2H3,(H,18,19). The van der Waals surface area contributed by atoms with Crippen molar-refractivity contribution < 1.29 is 4.74 Å². The molecular weight excluding hydrogens is 318 g/mol. The summed E-state index contributed by atoms with van der Waals surface area (Å²) in [6, 6.07) is 8.47. The third kappa shape index (κ3) is 2.66. The minimum atomic E-state index is 0.250. The summed E-state index contributed by atoms with van der Waals surface area (Å²) in [7, 11) is 1.76. The number of nitrogens with zero attached hydrogens (tertiary/aromatic N) is 1. The van der Waals surface area contributed by atoms with Crippen LogP contribution in [-0.4, -0.2) is 29.7 Å². The number of methoxy groups -OCH3 is 1. The van der Waals surface area contributed by atoms with Crippen LogP contribution in [0, 0.1) is 6.92 Å². The number of ether oxygens (including phenoxy) is 1. The van der Waals surface area contributed by atoms with Crippen molar-refractivity contribution in [1.29, 1.82) is 0 Å². The van der Waals surface area contributed by atoms with Crippen molar-refractivity contribution >= 4 is 15.9 Å². The first-order chi connectivity index (χ1) is 9.67. The fourth-order valence-electron chi connectivity index (χ4n) is 2.66. The van der Waals surface area contributed by atoms with E-state index in [0.29, 0.717) is 0 Å². The molecule has 0 saturated carbocycles. The number of rotatable bonds is 3. The Morgan fingerprint density at radius 3 is 2.95 bits per heavy atom. The van der Waals surface area contributed by atoms with Crippen molar-refractivity contribution in [2.45, 2.75) is 25.5 Å². The summed E-state index contributed by atoms with van der Waals surface area (Å²) in [6.07, 6.45) is 1.24. The maximum Gasteiger partial charge on any atom is 0.124 e. The van der Waals surface area contributed by atoms with E-state index in [1.807, 2.05) is 12.1 Å². The summed E-state index contributed by atoms with van der Waals surface area (Å²) in [4.78, 5) is 8.18. The molecule has 0 bridgehead atoms. The van der Waals surface area contributed by atoms with E-state index in [-0.39, 0.29) is 12.1 Å². The normalized spacial score (nSPS) is 22.4. The summed E-state index contributed by atoms with van der Waals surface area (Å²) < 4.78 is 6.46. The largest absolute Gasteiger partial charge is 0.380 e. The molecule has 2 atom stereocenters. The van der Waals surface area contributed by atoms with Crippen LogP contribution in [-0.2, 0) is 4.74 Å². The van der Waals surface area contributed by atoms with Crippen molar-refractivity contribution in [3.05, 3.63) is 40.3 Å². The lowest BCUT2D eigenvalue weighted by atomic mass is 10.1. The molecule has 1 aromatic carbocycles. The molecule has 1 aliphatic rings. The van der Waals surface area contributed by atoms with Gasteiger partial charge in [-0.1, -0.05) is 28.1 Å². The Kier molecular flexibility index (Phi) is 3.92. The van der Waals surface area contributed by atoms with Crippen molar-refractivity contribution in [3.8, 4) is 11.3 Å². The van der Waals surface area contributed by atoms with Crippen LogP contribution >= 0.6 is 15.9 Å². The van der Waals surface area contributed by atoms with Gasteiger partial charge in [-0.3, -0.25) is 0 Å². The number of aromatic amines is 1. The van der Waals surface area contributed by atoms with E-state index in [4.69, 9.17) is 9.72 Å². The highest BCUT2D eigenvalue weighted by molar-refractivity contribution is 9.10. The average molecular weight is 336 g/mol. The maximum absolute atomic E-state index is 5.39. The first-order valence-electron chi connectivity index (χ1n) is 6.76. The van der Waals surface area contributed by atoms with E-state index >= 15 is 0 Å². The van der Waals surface area contributed by atoms with Gasteiger partial charge < -0.3 is 15.0 Å². The monoisotopic (exact) mass is 335 g/mol. The fraction of sp³-hybridized carbons (Fsp3) is 0.400. The molecule has 1 saturated heterocycles. The van der Waals surface area contributed by atoms with Gasteiger partial charge in [0.05, 0.1) is 17.8 Å². The van der Waals surface area contributed by atoms with E-state index in [1.165, 1.54) is 0 Å². The van der Waals surface area contributed by atoms with Crippen LogP contribution in [0.3, 0.4) is 0 Å². The molecule has 5 heteroatoms. The van der Waals surface area contributed by atoms with Gasteiger partial charge in [0.15, 0.2) is 0 Å². The van der Waals surface area contributed by atoms with Crippen molar-refractivity contribution in [1.82, 2.24) is 15.3 Å². The van der Waals surface area contributed by atoms with Crippen LogP contribution in [0.25, 0.3) is 11.3 Å². The lowest BCUT2D eigenvalue weighted by molar-refractivity contribution is 0.117. The van der Waals surface area contributed by atoms with Gasteiger partial charge in [-0.15, -0.1) is 0 Å². The highest BCUT2D eigenvalue weighted by Gasteiger charge is 2.27. The number of aromatic nitrogens is 2. The second kappa shape index (κ2) is 5.68. The first kappa shape index (κ1) is 13.8. The van der Waals surface area contributed by atoms with Crippen LogP contribution in [0.2, 0.25) is 0 Å². The van der Waals surface area contributed by atoms with Crippen molar-refractivity contribution in [3.63, 3.8) is 0 Å². The molecule has 2 heterocycles. The average Bonchev–Trinajstić information content (AvgIpc) is 3.04. The Morgan fingerprint density at radius 2 is 2.25 bits per heavy atom. The van der Waals surface area contributed by atoms with Crippen molar-refractivity contribution in [2.24, 2.45) is 0 Å². The Hall–Kier alpha value is -1.17. The molecule has 1 aromatic heterocycles. The van der Waals surface area contributed by atoms with Gasteiger partial charge in [-0.25, -0.2) is 4.98 Å². The van der Waals surface area contributed by atoms with Gasteiger partial charge in [0, 0.05) is 29.4 Å². The minimum Gasteiger partial charge on any atom is -0.380 e. The number of benzene rings is 1. The lowest BCUT2D eigenvalue weighted by Crippen LogP contribution is -2.16. The van der Waals surface area contributed by atoms with Gasteiger partial charge in [0.25, 0.3) is 0 Å². The van der Waals surface area contributed by atoms with E-state index in [2.05, 4.69) is 45.3 Å². The predicted octanol–water partition coefficient (Wildman–Crippen LogP) is 3.20. The zero-order chi connectivity index (χ0) is 14.1. The minimum absolute atomic E-state index is 0.250. The molecule has 2 N–H and O–H groups in total. The summed E-state index contributed by atoms with van der Waals surface area (Å²) in [6.45, 7) is 2.95. The SMILES string of the molecule is COC1CNC(c2nc(-c3cccc(Br)c3)c(C)[nH]2)C1. The Morgan fingerprint density at radius 1 is 1.40 bits per heavy atom. The molecule has 1 aliphatic heterocycles. The molecule has 0 spiro atoms. The topological polar surface area (TPSA) is 49.9 Å². The molecule has 4 nitrogen and oxygen atoms in total. The number of halogens is 1. The second-order valence-electron chi connectivity index (χ2n) is 5.16. The van der Waals surface area contributed by atoms with Crippen molar-refractivity contribution in [2.75, 3.05) is 13.7 Å². The van der Waals surface area contributed by atoms with Gasteiger partial charge >= 0.3 is 0 Å². The highest BCUT2D eigenvalue weighted by Crippen LogP contribution is 2.28. The number of imidazole rings is 1. The second-order valence-corrected chi connectivity index (χ2v) is 6.08. The van der Waals surface area contributed by atoms with E-state index < -0.39 is 0 Å². The molecule has 106 valence electrons. The molecule has 2 aromatic rings. The Labute approximate surface area is 127 Å².